The summed E-state index contributed by atoms with van der Waals surface area (Å²) in [6, 6.07) is 0.285. The summed E-state index contributed by atoms with van der Waals surface area (Å²) in [5.41, 5.74) is -1.56. The second-order valence-corrected chi connectivity index (χ2v) is 10.6. The Bertz CT molecular complexity index is 3860. The Balaban J connectivity index is 1.41. The van der Waals surface area contributed by atoms with Crippen molar-refractivity contribution in [3.63, 3.8) is 0 Å². The fraction of sp³-hybridized carbons (Fsp3) is 0. The summed E-state index contributed by atoms with van der Waals surface area (Å²) < 4.78 is 179. The molecule has 0 radical (unpaired) electrons. The molecule has 10 rings (SSSR count). The van der Waals surface area contributed by atoms with Crippen LogP contribution in [-0.4, -0.2) is 0 Å². The SMILES string of the molecule is [2H]c1c([2H])c([2H])c(-c2c3ccccc3c(-c3c([2H])c([2H])c4oc5c([2H])c([2H])c([2H])c([2H])c5c4c3[2H])c3cc(-c4c([2H])c([2H])c5c(oc6c([2H])c([2H])c([2H])c([2H])c65)c4[2H])ccc23)c([2H])c1[2H]. The number of rotatable bonds is 3. The lowest BCUT2D eigenvalue weighted by molar-refractivity contribution is 0.668. The van der Waals surface area contributed by atoms with Crippen molar-refractivity contribution in [2.45, 2.75) is 0 Å². The number of fused-ring (bicyclic) bond motifs is 8. The van der Waals surface area contributed by atoms with E-state index in [9.17, 15) is 6.85 Å². The van der Waals surface area contributed by atoms with Gasteiger partial charge in [-0.1, -0.05) is 115 Å². The zero-order chi connectivity index (χ0) is 46.7. The monoisotopic (exact) mass is 605 g/mol. The number of hydrogen-bond acceptors (Lipinski definition) is 2. The number of hydrogen-bond donors (Lipinski definition) is 0. The van der Waals surface area contributed by atoms with Gasteiger partial charge in [-0.3, -0.25) is 0 Å². The maximum Gasteiger partial charge on any atom is 0.136 e. The van der Waals surface area contributed by atoms with Gasteiger partial charge < -0.3 is 8.83 Å². The van der Waals surface area contributed by atoms with E-state index >= 15 is 0 Å². The third kappa shape index (κ3) is 3.71. The lowest BCUT2D eigenvalue weighted by Crippen LogP contribution is -1.91. The van der Waals surface area contributed by atoms with Gasteiger partial charge in [0.2, 0.25) is 0 Å². The van der Waals surface area contributed by atoms with Crippen molar-refractivity contribution in [1.82, 2.24) is 0 Å². The predicted molar refractivity (Wildman–Crippen MR) is 192 cm³/mol. The first-order valence-electron chi connectivity index (χ1n) is 23.6. The van der Waals surface area contributed by atoms with Crippen LogP contribution >= 0.6 is 0 Å². The van der Waals surface area contributed by atoms with Gasteiger partial charge in [-0.25, -0.2) is 0 Å². The molecule has 214 valence electrons. The van der Waals surface area contributed by atoms with Crippen molar-refractivity contribution in [2.24, 2.45) is 0 Å². The van der Waals surface area contributed by atoms with Crippen molar-refractivity contribution in [3.05, 3.63) is 157 Å². The number of benzene rings is 8. The van der Waals surface area contributed by atoms with E-state index in [4.69, 9.17) is 28.0 Å². The van der Waals surface area contributed by atoms with Crippen LogP contribution in [0.5, 0.6) is 0 Å². The van der Waals surface area contributed by atoms with E-state index in [1.165, 1.54) is 18.2 Å². The van der Waals surface area contributed by atoms with Crippen molar-refractivity contribution in [2.75, 3.05) is 0 Å². The first kappa shape index (κ1) is 13.1. The molecule has 0 fully saturated rings. The van der Waals surface area contributed by atoms with Crippen LogP contribution in [0, 0.1) is 0 Å². The van der Waals surface area contributed by atoms with E-state index in [0.717, 1.165) is 0 Å². The Labute approximate surface area is 291 Å². The molecular formula is C44H26O2. The van der Waals surface area contributed by atoms with Gasteiger partial charge in [0, 0.05) is 21.5 Å². The topological polar surface area (TPSA) is 26.3 Å². The van der Waals surface area contributed by atoms with Crippen molar-refractivity contribution in [1.29, 1.82) is 0 Å². The van der Waals surface area contributed by atoms with Gasteiger partial charge in [-0.15, -0.1) is 0 Å². The molecule has 0 atom stereocenters. The smallest absolute Gasteiger partial charge is 0.136 e. The minimum absolute atomic E-state index is 0.0829. The summed E-state index contributed by atoms with van der Waals surface area (Å²) in [5, 5.41) is 0.129. The zero-order valence-electron chi connectivity index (χ0n) is 42.4. The van der Waals surface area contributed by atoms with Crippen LogP contribution < -0.4 is 0 Å². The number of para-hydroxylation sites is 2. The average Bonchev–Trinajstić information content (AvgIpc) is 3.91. The molecule has 2 heterocycles. The van der Waals surface area contributed by atoms with Crippen LogP contribution in [0.25, 0.3) is 98.8 Å². The predicted octanol–water partition coefficient (Wildman–Crippen LogP) is 12.8. The maximum atomic E-state index is 9.74. The molecule has 0 aliphatic carbocycles. The Morgan fingerprint density at radius 3 is 1.72 bits per heavy atom. The molecule has 2 aromatic heterocycles. The van der Waals surface area contributed by atoms with E-state index in [-0.39, 0.29) is 93.4 Å². The highest BCUT2D eigenvalue weighted by molar-refractivity contribution is 6.22. The molecular weight excluding hydrogens is 560 g/mol. The second-order valence-electron chi connectivity index (χ2n) is 10.6. The average molecular weight is 606 g/mol. The summed E-state index contributed by atoms with van der Waals surface area (Å²) in [5.74, 6) is 0. The molecule has 8 aromatic carbocycles. The van der Waals surface area contributed by atoms with E-state index in [1.807, 2.05) is 0 Å². The molecule has 2 heteroatoms. The van der Waals surface area contributed by atoms with Crippen LogP contribution in [0.1, 0.15) is 26.0 Å². The molecule has 0 saturated heterocycles. The molecule has 0 amide bonds. The number of furan rings is 2. The van der Waals surface area contributed by atoms with Gasteiger partial charge in [-0.05, 0) is 97.2 Å². The second kappa shape index (κ2) is 9.69. The Morgan fingerprint density at radius 2 is 0.935 bits per heavy atom. The third-order valence-corrected chi connectivity index (χ3v) is 8.08. The lowest BCUT2D eigenvalue weighted by Gasteiger charge is -2.19. The highest BCUT2D eigenvalue weighted by Gasteiger charge is 2.19. The van der Waals surface area contributed by atoms with E-state index in [0.29, 0.717) is 5.39 Å². The van der Waals surface area contributed by atoms with Crippen LogP contribution in [0.3, 0.4) is 0 Å². The van der Waals surface area contributed by atoms with Crippen LogP contribution in [0.15, 0.2) is 166 Å². The Hall–Kier alpha value is -6.12. The molecule has 0 spiro atoms. The molecule has 10 aromatic rings. The quantitative estimate of drug-likeness (QED) is 0.187. The van der Waals surface area contributed by atoms with Crippen LogP contribution in [-0.2, 0) is 0 Å². The van der Waals surface area contributed by atoms with Gasteiger partial charge >= 0.3 is 0 Å². The fourth-order valence-corrected chi connectivity index (χ4v) is 6.12. The van der Waals surface area contributed by atoms with Gasteiger partial charge in [0.1, 0.15) is 22.3 Å². The van der Waals surface area contributed by atoms with Gasteiger partial charge in [0.05, 0.1) is 26.0 Å². The largest absolute Gasteiger partial charge is 0.456 e. The maximum absolute atomic E-state index is 9.74. The van der Waals surface area contributed by atoms with Gasteiger partial charge in [0.15, 0.2) is 0 Å². The minimum Gasteiger partial charge on any atom is -0.456 e. The normalized spacial score (nSPS) is 17.7. The van der Waals surface area contributed by atoms with Crippen molar-refractivity contribution in [3.8, 4) is 33.4 Å². The Kier molecular flexibility index (Phi) is 2.76. The van der Waals surface area contributed by atoms with E-state index in [1.54, 1.807) is 24.3 Å². The molecule has 0 unspecified atom stereocenters. The van der Waals surface area contributed by atoms with Crippen LogP contribution in [0.4, 0.5) is 0 Å². The summed E-state index contributed by atoms with van der Waals surface area (Å²) >= 11 is 0. The van der Waals surface area contributed by atoms with E-state index < -0.39 is 115 Å². The van der Waals surface area contributed by atoms with Gasteiger partial charge in [-0.2, -0.15) is 0 Å². The van der Waals surface area contributed by atoms with E-state index in [2.05, 4.69) is 0 Å². The lowest BCUT2D eigenvalue weighted by atomic mass is 9.84. The minimum atomic E-state index is -0.637. The standard InChI is InChI=1S/C44H26O2/c1-2-10-27(11-3-1)43-34-14-4-5-15-35(34)44(30-20-23-41-37(25-30)32-13-7-9-17-40(32)45-41)38-24-28(19-22-36(38)43)29-18-21-33-31-12-6-8-16-39(31)46-42(33)26-29/h1-26H/i1D,2D,3D,6D,7D,8D,9D,10D,11D,12D,13D,16D,17D,18D,20D,21D,23D,25D,26D. The first-order chi connectivity index (χ1) is 30.7. The first-order valence-corrected chi connectivity index (χ1v) is 14.1. The van der Waals surface area contributed by atoms with Gasteiger partial charge in [0.25, 0.3) is 0 Å². The molecule has 0 bridgehead atoms. The highest BCUT2D eigenvalue weighted by Crippen LogP contribution is 2.46. The summed E-state index contributed by atoms with van der Waals surface area (Å²) in [6.45, 7) is 0. The highest BCUT2D eigenvalue weighted by atomic mass is 16.3. The molecule has 0 N–H and O–H groups in total. The molecule has 46 heavy (non-hydrogen) atoms. The molecule has 0 aliphatic heterocycles. The summed E-state index contributed by atoms with van der Waals surface area (Å²) in [4.78, 5) is 0. The zero-order valence-corrected chi connectivity index (χ0v) is 23.4. The van der Waals surface area contributed by atoms with Crippen molar-refractivity contribution >= 4 is 65.4 Å². The van der Waals surface area contributed by atoms with Crippen molar-refractivity contribution < 1.29 is 34.9 Å². The fourth-order valence-electron chi connectivity index (χ4n) is 6.12. The molecule has 0 saturated carbocycles. The third-order valence-electron chi connectivity index (χ3n) is 8.08. The summed E-state index contributed by atoms with van der Waals surface area (Å²) in [7, 11) is 0. The Morgan fingerprint density at radius 1 is 0.348 bits per heavy atom. The molecule has 2 nitrogen and oxygen atoms in total. The summed E-state index contributed by atoms with van der Waals surface area (Å²) in [6.07, 6.45) is 0. The molecule has 0 aliphatic rings. The van der Waals surface area contributed by atoms with Crippen LogP contribution in [0.2, 0.25) is 0 Å².